The van der Waals surface area contributed by atoms with Crippen molar-refractivity contribution < 1.29 is 18.4 Å². The molecular weight excluding hydrogens is 328 g/mol. The molecule has 0 aromatic heterocycles. The van der Waals surface area contributed by atoms with E-state index in [1.165, 1.54) is 6.07 Å². The molecule has 1 aromatic carbocycles. The first-order valence-corrected chi connectivity index (χ1v) is 8.51. The fourth-order valence-electron chi connectivity index (χ4n) is 2.80. The Kier molecular flexibility index (Phi) is 6.87. The zero-order valence-corrected chi connectivity index (χ0v) is 14.8. The van der Waals surface area contributed by atoms with Gasteiger partial charge in [0.25, 0.3) is 0 Å². The van der Waals surface area contributed by atoms with Gasteiger partial charge in [-0.2, -0.15) is 0 Å². The second-order valence-electron chi connectivity index (χ2n) is 6.60. The predicted octanol–water partition coefficient (Wildman–Crippen LogP) is 1.87. The molecule has 0 spiro atoms. The number of benzene rings is 1. The highest BCUT2D eigenvalue weighted by Gasteiger charge is 2.22. The highest BCUT2D eigenvalue weighted by atomic mass is 19.2. The van der Waals surface area contributed by atoms with Crippen molar-refractivity contribution in [1.29, 1.82) is 0 Å². The van der Waals surface area contributed by atoms with Crippen molar-refractivity contribution in [2.24, 2.45) is 0 Å². The summed E-state index contributed by atoms with van der Waals surface area (Å²) in [5.41, 5.74) is 0.545. The molecule has 0 saturated carbocycles. The maximum Gasteiger partial charge on any atom is 0.224 e. The largest absolute Gasteiger partial charge is 0.342 e. The third kappa shape index (κ3) is 5.77. The third-order valence-corrected chi connectivity index (χ3v) is 4.29. The van der Waals surface area contributed by atoms with Gasteiger partial charge in [-0.3, -0.25) is 9.59 Å². The number of rotatable bonds is 8. The van der Waals surface area contributed by atoms with E-state index in [0.29, 0.717) is 38.2 Å². The van der Waals surface area contributed by atoms with E-state index >= 15 is 0 Å². The van der Waals surface area contributed by atoms with Crippen LogP contribution in [0.25, 0.3) is 0 Å². The molecule has 7 heteroatoms. The van der Waals surface area contributed by atoms with E-state index in [2.05, 4.69) is 0 Å². The summed E-state index contributed by atoms with van der Waals surface area (Å²) in [5.74, 6) is -1.82. The van der Waals surface area contributed by atoms with Crippen LogP contribution >= 0.6 is 0 Å². The van der Waals surface area contributed by atoms with E-state index in [9.17, 15) is 18.4 Å². The summed E-state index contributed by atoms with van der Waals surface area (Å²) in [4.78, 5) is 29.5. The number of nitrogens with zero attached hydrogens (tertiary/aromatic N) is 3. The number of halogens is 2. The molecule has 0 atom stereocenters. The third-order valence-electron chi connectivity index (χ3n) is 4.29. The van der Waals surface area contributed by atoms with E-state index < -0.39 is 11.6 Å². The van der Waals surface area contributed by atoms with Crippen LogP contribution in [0, 0.1) is 11.6 Å². The molecule has 0 N–H and O–H groups in total. The summed E-state index contributed by atoms with van der Waals surface area (Å²) in [7, 11) is 3.81. The van der Waals surface area contributed by atoms with Crippen LogP contribution < -0.4 is 0 Å². The van der Waals surface area contributed by atoms with Crippen LogP contribution in [0.4, 0.5) is 8.78 Å². The lowest BCUT2D eigenvalue weighted by atomic mass is 10.2. The molecular formula is C18H25F2N3O2. The Bertz CT molecular complexity index is 622. The van der Waals surface area contributed by atoms with Gasteiger partial charge in [-0.05, 0) is 38.2 Å². The summed E-state index contributed by atoms with van der Waals surface area (Å²) < 4.78 is 26.5. The molecule has 0 unspecified atom stereocenters. The normalized spacial score (nSPS) is 14.4. The van der Waals surface area contributed by atoms with Crippen LogP contribution in [0.3, 0.4) is 0 Å². The summed E-state index contributed by atoms with van der Waals surface area (Å²) in [6.07, 6.45) is 1.63. The van der Waals surface area contributed by atoms with Gasteiger partial charge in [0, 0.05) is 45.6 Å². The Balaban J connectivity index is 1.99. The molecule has 1 fully saturated rings. The van der Waals surface area contributed by atoms with Gasteiger partial charge >= 0.3 is 0 Å². The fourth-order valence-corrected chi connectivity index (χ4v) is 2.80. The molecule has 138 valence electrons. The number of hydrogen-bond acceptors (Lipinski definition) is 3. The van der Waals surface area contributed by atoms with E-state index in [1.54, 1.807) is 9.80 Å². The topological polar surface area (TPSA) is 43.9 Å². The lowest BCUT2D eigenvalue weighted by molar-refractivity contribution is -0.133. The van der Waals surface area contributed by atoms with Gasteiger partial charge in [-0.1, -0.05) is 6.07 Å². The Morgan fingerprint density at radius 3 is 2.56 bits per heavy atom. The van der Waals surface area contributed by atoms with E-state index in [-0.39, 0.29) is 24.8 Å². The SMILES string of the molecule is CN(C)CCN(Cc1ccc(F)c(F)c1)C(=O)CCN1CCCC1=O. The van der Waals surface area contributed by atoms with Crippen LogP contribution in [0.1, 0.15) is 24.8 Å². The van der Waals surface area contributed by atoms with Gasteiger partial charge < -0.3 is 14.7 Å². The van der Waals surface area contributed by atoms with Crippen molar-refractivity contribution in [3.63, 3.8) is 0 Å². The number of carbonyl (C=O) groups excluding carboxylic acids is 2. The predicted molar refractivity (Wildman–Crippen MR) is 90.8 cm³/mol. The Hall–Kier alpha value is -2.02. The average Bonchev–Trinajstić information content (AvgIpc) is 2.97. The van der Waals surface area contributed by atoms with E-state index in [0.717, 1.165) is 18.6 Å². The molecule has 0 radical (unpaired) electrons. The van der Waals surface area contributed by atoms with E-state index in [4.69, 9.17) is 0 Å². The first kappa shape index (κ1) is 19.3. The van der Waals surface area contributed by atoms with Crippen molar-refractivity contribution in [1.82, 2.24) is 14.7 Å². The quantitative estimate of drug-likeness (QED) is 0.717. The molecule has 0 bridgehead atoms. The second kappa shape index (κ2) is 8.89. The molecule has 1 heterocycles. The van der Waals surface area contributed by atoms with Gasteiger partial charge in [-0.25, -0.2) is 8.78 Å². The van der Waals surface area contributed by atoms with Crippen molar-refractivity contribution in [3.8, 4) is 0 Å². The standard InChI is InChI=1S/C18H25F2N3O2/c1-21(2)10-11-23(13-14-5-6-15(19)16(20)12-14)18(25)7-9-22-8-3-4-17(22)24/h5-6,12H,3-4,7-11,13H2,1-2H3. The molecule has 2 amide bonds. The fraction of sp³-hybridized carbons (Fsp3) is 0.556. The van der Waals surface area contributed by atoms with Crippen molar-refractivity contribution >= 4 is 11.8 Å². The van der Waals surface area contributed by atoms with Crippen LogP contribution in [-0.2, 0) is 16.1 Å². The maximum absolute atomic E-state index is 13.4. The highest BCUT2D eigenvalue weighted by molar-refractivity contribution is 5.80. The number of likely N-dealkylation sites (tertiary alicyclic amines) is 1. The summed E-state index contributed by atoms with van der Waals surface area (Å²) in [5, 5.41) is 0. The summed E-state index contributed by atoms with van der Waals surface area (Å²) in [6, 6.07) is 3.68. The lowest BCUT2D eigenvalue weighted by Crippen LogP contribution is -2.38. The minimum absolute atomic E-state index is 0.0910. The summed E-state index contributed by atoms with van der Waals surface area (Å²) in [6.45, 7) is 2.48. The Morgan fingerprint density at radius 2 is 1.96 bits per heavy atom. The van der Waals surface area contributed by atoms with Crippen molar-refractivity contribution in [2.45, 2.75) is 25.8 Å². The van der Waals surface area contributed by atoms with Gasteiger partial charge in [0.15, 0.2) is 11.6 Å². The van der Waals surface area contributed by atoms with Gasteiger partial charge in [0.1, 0.15) is 0 Å². The van der Waals surface area contributed by atoms with Crippen molar-refractivity contribution in [3.05, 3.63) is 35.4 Å². The zero-order chi connectivity index (χ0) is 18.4. The van der Waals surface area contributed by atoms with Crippen LogP contribution in [-0.4, -0.2) is 66.8 Å². The molecule has 0 aliphatic carbocycles. The number of likely N-dealkylation sites (N-methyl/N-ethyl adjacent to an activating group) is 1. The Labute approximate surface area is 147 Å². The Morgan fingerprint density at radius 1 is 1.20 bits per heavy atom. The maximum atomic E-state index is 13.4. The molecule has 2 rings (SSSR count). The van der Waals surface area contributed by atoms with Crippen LogP contribution in [0.15, 0.2) is 18.2 Å². The minimum atomic E-state index is -0.917. The highest BCUT2D eigenvalue weighted by Crippen LogP contribution is 2.14. The van der Waals surface area contributed by atoms with Gasteiger partial charge in [0.05, 0.1) is 0 Å². The lowest BCUT2D eigenvalue weighted by Gasteiger charge is -2.26. The van der Waals surface area contributed by atoms with Crippen molar-refractivity contribution in [2.75, 3.05) is 40.3 Å². The van der Waals surface area contributed by atoms with Gasteiger partial charge in [-0.15, -0.1) is 0 Å². The average molecular weight is 353 g/mol. The first-order valence-electron chi connectivity index (χ1n) is 8.51. The van der Waals surface area contributed by atoms with Crippen LogP contribution in [0.2, 0.25) is 0 Å². The minimum Gasteiger partial charge on any atom is -0.342 e. The molecule has 25 heavy (non-hydrogen) atoms. The van der Waals surface area contributed by atoms with E-state index in [1.807, 2.05) is 19.0 Å². The zero-order valence-electron chi connectivity index (χ0n) is 14.8. The number of carbonyl (C=O) groups is 2. The molecule has 1 aliphatic rings. The number of amides is 2. The van der Waals surface area contributed by atoms with Gasteiger partial charge in [0.2, 0.25) is 11.8 Å². The molecule has 1 saturated heterocycles. The second-order valence-corrected chi connectivity index (χ2v) is 6.60. The monoisotopic (exact) mass is 353 g/mol. The summed E-state index contributed by atoms with van der Waals surface area (Å²) >= 11 is 0. The molecule has 1 aromatic rings. The molecule has 5 nitrogen and oxygen atoms in total. The first-order chi connectivity index (χ1) is 11.9. The smallest absolute Gasteiger partial charge is 0.224 e. The molecule has 1 aliphatic heterocycles. The number of hydrogen-bond donors (Lipinski definition) is 0. The van der Waals surface area contributed by atoms with Crippen LogP contribution in [0.5, 0.6) is 0 Å².